The molecule has 88 valence electrons. The summed E-state index contributed by atoms with van der Waals surface area (Å²) in [5, 5.41) is 0.647. The summed E-state index contributed by atoms with van der Waals surface area (Å²) in [6.45, 7) is 0. The van der Waals surface area contributed by atoms with E-state index in [4.69, 9.17) is 11.6 Å². The molecule has 1 aromatic carbocycles. The summed E-state index contributed by atoms with van der Waals surface area (Å²) in [5.41, 5.74) is 1.79. The van der Waals surface area contributed by atoms with E-state index in [-0.39, 0.29) is 35.3 Å². The number of halogens is 1. The molecule has 0 aliphatic rings. The average molecular weight is 270 g/mol. The molecule has 18 heavy (non-hydrogen) atoms. The van der Waals surface area contributed by atoms with Gasteiger partial charge in [0.15, 0.2) is 5.78 Å². The van der Waals surface area contributed by atoms with Gasteiger partial charge in [-0.3, -0.25) is 9.78 Å². The van der Waals surface area contributed by atoms with E-state index in [9.17, 15) is 4.79 Å². The number of nitrogens with zero attached hydrogens (tertiary/aromatic N) is 1. The van der Waals surface area contributed by atoms with Gasteiger partial charge in [0, 0.05) is 29.4 Å². The fourth-order valence-corrected chi connectivity index (χ4v) is 1.71. The van der Waals surface area contributed by atoms with Crippen molar-refractivity contribution in [2.75, 3.05) is 0 Å². The molecule has 1 aromatic heterocycles. The number of pyridine rings is 1. The van der Waals surface area contributed by atoms with Crippen molar-refractivity contribution in [1.82, 2.24) is 4.98 Å². The van der Waals surface area contributed by atoms with E-state index in [1.807, 2.05) is 12.1 Å². The molecule has 0 spiro atoms. The molecule has 0 unspecified atom stereocenters. The summed E-state index contributed by atoms with van der Waals surface area (Å²) in [4.78, 5) is 15.9. The maximum atomic E-state index is 11.9. The van der Waals surface area contributed by atoms with Crippen molar-refractivity contribution in [3.8, 4) is 0 Å². The first-order valence-electron chi connectivity index (χ1n) is 5.43. The number of hydrogen-bond acceptors (Lipinski definition) is 2. The van der Waals surface area contributed by atoms with Crippen LogP contribution in [0.4, 0.5) is 0 Å². The number of Topliss-reactive ketones (excluding diaryl/α,β-unsaturated/α-hetero) is 1. The molecule has 0 fully saturated rings. The van der Waals surface area contributed by atoms with E-state index in [0.29, 0.717) is 17.0 Å². The summed E-state index contributed by atoms with van der Waals surface area (Å²) < 4.78 is 0. The molecule has 2 rings (SSSR count). The van der Waals surface area contributed by atoms with Crippen molar-refractivity contribution in [2.45, 2.75) is 12.8 Å². The topological polar surface area (TPSA) is 30.0 Å². The number of carbonyl (C=O) groups is 1. The summed E-state index contributed by atoms with van der Waals surface area (Å²) in [6, 6.07) is 10.8. The van der Waals surface area contributed by atoms with Crippen LogP contribution >= 0.6 is 11.6 Å². The molecule has 0 aliphatic heterocycles. The van der Waals surface area contributed by atoms with Gasteiger partial charge in [0.25, 0.3) is 0 Å². The normalized spacial score (nSPS) is 9.61. The van der Waals surface area contributed by atoms with Gasteiger partial charge in [-0.05, 0) is 42.3 Å². The van der Waals surface area contributed by atoms with E-state index >= 15 is 0 Å². The van der Waals surface area contributed by atoms with Crippen molar-refractivity contribution in [3.63, 3.8) is 0 Å². The molecule has 0 aliphatic carbocycles. The van der Waals surface area contributed by atoms with Crippen LogP contribution in [-0.4, -0.2) is 40.3 Å². The van der Waals surface area contributed by atoms with E-state index in [1.165, 1.54) is 0 Å². The van der Waals surface area contributed by atoms with Gasteiger partial charge in [-0.15, -0.1) is 0 Å². The van der Waals surface area contributed by atoms with E-state index in [1.54, 1.807) is 36.7 Å². The Bertz CT molecular complexity index is 499. The van der Waals surface area contributed by atoms with Crippen LogP contribution in [0.3, 0.4) is 0 Å². The minimum absolute atomic E-state index is 0. The van der Waals surface area contributed by atoms with Crippen LogP contribution < -0.4 is 0 Å². The molecule has 0 radical (unpaired) electrons. The SMILES string of the molecule is O=C(CCc1cccnc1)c1ccc(Cl)cc1.[NaH]. The number of ketones is 1. The number of rotatable bonds is 4. The third kappa shape index (κ3) is 4.54. The van der Waals surface area contributed by atoms with Crippen molar-refractivity contribution >= 4 is 46.9 Å². The molecule has 2 aromatic rings. The molecule has 0 saturated carbocycles. The first-order valence-corrected chi connectivity index (χ1v) is 5.81. The molecule has 0 saturated heterocycles. The van der Waals surface area contributed by atoms with Crippen molar-refractivity contribution in [3.05, 3.63) is 64.9 Å². The van der Waals surface area contributed by atoms with Gasteiger partial charge in [0.2, 0.25) is 0 Å². The van der Waals surface area contributed by atoms with Crippen LogP contribution in [0.1, 0.15) is 22.3 Å². The molecular weight excluding hydrogens is 257 g/mol. The Hall–Kier alpha value is -0.670. The van der Waals surface area contributed by atoms with Crippen LogP contribution in [0.5, 0.6) is 0 Å². The maximum absolute atomic E-state index is 11.9. The van der Waals surface area contributed by atoms with Gasteiger partial charge >= 0.3 is 29.6 Å². The molecule has 0 N–H and O–H groups in total. The van der Waals surface area contributed by atoms with Crippen LogP contribution in [-0.2, 0) is 6.42 Å². The van der Waals surface area contributed by atoms with Crippen LogP contribution in [0.15, 0.2) is 48.8 Å². The van der Waals surface area contributed by atoms with Gasteiger partial charge in [0.1, 0.15) is 0 Å². The van der Waals surface area contributed by atoms with E-state index in [2.05, 4.69) is 4.98 Å². The predicted molar refractivity (Wildman–Crippen MR) is 75.5 cm³/mol. The molecule has 0 amide bonds. The monoisotopic (exact) mass is 269 g/mol. The van der Waals surface area contributed by atoms with Gasteiger partial charge in [0.05, 0.1) is 0 Å². The van der Waals surface area contributed by atoms with Crippen LogP contribution in [0.25, 0.3) is 0 Å². The Kier molecular flexibility index (Phi) is 6.58. The Morgan fingerprint density at radius 1 is 1.17 bits per heavy atom. The van der Waals surface area contributed by atoms with E-state index in [0.717, 1.165) is 12.0 Å². The zero-order valence-electron chi connectivity index (χ0n) is 9.27. The quantitative estimate of drug-likeness (QED) is 0.631. The van der Waals surface area contributed by atoms with Crippen molar-refractivity contribution in [2.24, 2.45) is 0 Å². The third-order valence-electron chi connectivity index (χ3n) is 2.53. The number of hydrogen-bond donors (Lipinski definition) is 0. The number of benzene rings is 1. The van der Waals surface area contributed by atoms with Crippen molar-refractivity contribution in [1.29, 1.82) is 0 Å². The van der Waals surface area contributed by atoms with Gasteiger partial charge in [-0.25, -0.2) is 0 Å². The predicted octanol–water partition coefficient (Wildman–Crippen LogP) is 2.90. The standard InChI is InChI=1S/C14H12ClNO.Na.H/c15-13-6-4-12(5-7-13)14(17)8-3-11-2-1-9-16-10-11;;/h1-2,4-7,9-10H,3,8H2;;. The van der Waals surface area contributed by atoms with E-state index < -0.39 is 0 Å². The Balaban J connectivity index is 0.00000162. The number of aromatic nitrogens is 1. The molecule has 0 bridgehead atoms. The van der Waals surface area contributed by atoms with Gasteiger partial charge in [-0.2, -0.15) is 0 Å². The molecule has 4 heteroatoms. The molecule has 1 heterocycles. The van der Waals surface area contributed by atoms with Crippen molar-refractivity contribution < 1.29 is 4.79 Å². The third-order valence-corrected chi connectivity index (χ3v) is 2.78. The average Bonchev–Trinajstić information content (AvgIpc) is 2.38. The first-order chi connectivity index (χ1) is 8.25. The zero-order valence-corrected chi connectivity index (χ0v) is 10.0. The Labute approximate surface area is 134 Å². The number of carbonyl (C=O) groups excluding carboxylic acids is 1. The fourth-order valence-electron chi connectivity index (χ4n) is 1.58. The van der Waals surface area contributed by atoms with Crippen LogP contribution in [0.2, 0.25) is 5.02 Å². The number of aryl methyl sites for hydroxylation is 1. The summed E-state index contributed by atoms with van der Waals surface area (Å²) >= 11 is 5.77. The minimum atomic E-state index is 0. The first kappa shape index (κ1) is 15.4. The second-order valence-corrected chi connectivity index (χ2v) is 4.23. The molecule has 2 nitrogen and oxygen atoms in total. The second-order valence-electron chi connectivity index (χ2n) is 3.79. The zero-order chi connectivity index (χ0) is 12.1. The summed E-state index contributed by atoms with van der Waals surface area (Å²) in [5.74, 6) is 0.130. The molecule has 0 atom stereocenters. The Morgan fingerprint density at radius 3 is 2.50 bits per heavy atom. The van der Waals surface area contributed by atoms with Crippen LogP contribution in [0, 0.1) is 0 Å². The second kappa shape index (κ2) is 7.70. The van der Waals surface area contributed by atoms with Gasteiger partial charge < -0.3 is 0 Å². The van der Waals surface area contributed by atoms with Gasteiger partial charge in [-0.1, -0.05) is 17.7 Å². The fraction of sp³-hybridized carbons (Fsp3) is 0.143. The Morgan fingerprint density at radius 2 is 1.89 bits per heavy atom. The summed E-state index contributed by atoms with van der Waals surface area (Å²) in [6.07, 6.45) is 4.72. The summed E-state index contributed by atoms with van der Waals surface area (Å²) in [7, 11) is 0. The molecular formula is C14H13ClNNaO.